The van der Waals surface area contributed by atoms with Gasteiger partial charge in [-0.05, 0) is 24.1 Å². The molecule has 1 aromatic rings. The summed E-state index contributed by atoms with van der Waals surface area (Å²) in [4.78, 5) is 24.7. The Morgan fingerprint density at radius 3 is 2.84 bits per heavy atom. The van der Waals surface area contributed by atoms with Crippen molar-refractivity contribution in [3.05, 3.63) is 28.2 Å². The standard InChI is InChI=1S/C12H14BrN3O2.ClH/c13-9-2-1-8-3-4-16(10(8)5-9)12(18)7-15-11(17)6-14;/h1-2,5H,3-4,6-7,14H2,(H,15,17);1H. The highest BCUT2D eigenvalue weighted by Gasteiger charge is 2.24. The van der Waals surface area contributed by atoms with Crippen molar-refractivity contribution in [2.75, 3.05) is 24.5 Å². The van der Waals surface area contributed by atoms with Crippen LogP contribution in [0.15, 0.2) is 22.7 Å². The summed E-state index contributed by atoms with van der Waals surface area (Å²) in [5.74, 6) is -0.439. The molecule has 0 saturated heterocycles. The largest absolute Gasteiger partial charge is 0.346 e. The molecule has 0 atom stereocenters. The maximum Gasteiger partial charge on any atom is 0.246 e. The fraction of sp³-hybridized carbons (Fsp3) is 0.333. The van der Waals surface area contributed by atoms with Gasteiger partial charge in [0.05, 0.1) is 13.1 Å². The van der Waals surface area contributed by atoms with Crippen LogP contribution >= 0.6 is 28.3 Å². The van der Waals surface area contributed by atoms with E-state index in [1.807, 2.05) is 18.2 Å². The molecule has 7 heteroatoms. The molecule has 0 fully saturated rings. The van der Waals surface area contributed by atoms with Gasteiger partial charge in [0.2, 0.25) is 11.8 Å². The lowest BCUT2D eigenvalue weighted by Crippen LogP contribution is -2.41. The molecule has 0 aliphatic carbocycles. The van der Waals surface area contributed by atoms with E-state index in [0.717, 1.165) is 22.1 Å². The number of hydrogen-bond acceptors (Lipinski definition) is 3. The molecule has 3 N–H and O–H groups in total. The zero-order chi connectivity index (χ0) is 13.1. The smallest absolute Gasteiger partial charge is 0.246 e. The molecule has 1 heterocycles. The van der Waals surface area contributed by atoms with Crippen LogP contribution in [0.5, 0.6) is 0 Å². The molecule has 1 aliphatic heterocycles. The number of nitrogens with zero attached hydrogens (tertiary/aromatic N) is 1. The van der Waals surface area contributed by atoms with Crippen LogP contribution in [-0.2, 0) is 16.0 Å². The van der Waals surface area contributed by atoms with Gasteiger partial charge in [0.1, 0.15) is 0 Å². The van der Waals surface area contributed by atoms with Crippen LogP contribution in [0.25, 0.3) is 0 Å². The van der Waals surface area contributed by atoms with Gasteiger partial charge in [-0.1, -0.05) is 22.0 Å². The van der Waals surface area contributed by atoms with Crippen molar-refractivity contribution < 1.29 is 9.59 Å². The van der Waals surface area contributed by atoms with Crippen molar-refractivity contribution in [3.8, 4) is 0 Å². The van der Waals surface area contributed by atoms with Crippen molar-refractivity contribution in [2.45, 2.75) is 6.42 Å². The lowest BCUT2D eigenvalue weighted by atomic mass is 10.2. The molecule has 0 radical (unpaired) electrons. The third-order valence-corrected chi connectivity index (χ3v) is 3.36. The Labute approximate surface area is 126 Å². The number of halogens is 2. The molecular formula is C12H15BrClN3O2. The zero-order valence-electron chi connectivity index (χ0n) is 10.2. The van der Waals surface area contributed by atoms with E-state index in [9.17, 15) is 9.59 Å². The number of amides is 2. The van der Waals surface area contributed by atoms with Crippen molar-refractivity contribution in [3.63, 3.8) is 0 Å². The van der Waals surface area contributed by atoms with Gasteiger partial charge < -0.3 is 16.0 Å². The summed E-state index contributed by atoms with van der Waals surface area (Å²) in [5.41, 5.74) is 7.23. The summed E-state index contributed by atoms with van der Waals surface area (Å²) in [6.07, 6.45) is 0.846. The molecule has 0 aromatic heterocycles. The van der Waals surface area contributed by atoms with Gasteiger partial charge in [0.15, 0.2) is 0 Å². The fourth-order valence-corrected chi connectivity index (χ4v) is 2.30. The van der Waals surface area contributed by atoms with Crippen LogP contribution in [0, 0.1) is 0 Å². The molecule has 0 unspecified atom stereocenters. The first-order valence-corrected chi connectivity index (χ1v) is 6.46. The van der Waals surface area contributed by atoms with Gasteiger partial charge in [0, 0.05) is 16.7 Å². The molecule has 2 rings (SSSR count). The van der Waals surface area contributed by atoms with Gasteiger partial charge in [-0.25, -0.2) is 0 Å². The Hall–Kier alpha value is -1.11. The first-order valence-electron chi connectivity index (χ1n) is 5.67. The van der Waals surface area contributed by atoms with E-state index in [1.54, 1.807) is 4.90 Å². The Balaban J connectivity index is 0.00000180. The highest BCUT2D eigenvalue weighted by Crippen LogP contribution is 2.30. The maximum atomic E-state index is 12.0. The summed E-state index contributed by atoms with van der Waals surface area (Å²) in [7, 11) is 0. The van der Waals surface area contributed by atoms with Crippen LogP contribution in [-0.4, -0.2) is 31.4 Å². The second-order valence-corrected chi connectivity index (χ2v) is 4.96. The number of nitrogens with one attached hydrogen (secondary N) is 1. The molecule has 1 aliphatic rings. The molecule has 0 bridgehead atoms. The average Bonchev–Trinajstić information content (AvgIpc) is 2.78. The Morgan fingerprint density at radius 1 is 1.42 bits per heavy atom. The molecule has 1 aromatic carbocycles. The van der Waals surface area contributed by atoms with Crippen LogP contribution < -0.4 is 16.0 Å². The molecule has 0 saturated carbocycles. The predicted molar refractivity (Wildman–Crippen MR) is 79.5 cm³/mol. The van der Waals surface area contributed by atoms with E-state index >= 15 is 0 Å². The van der Waals surface area contributed by atoms with Gasteiger partial charge >= 0.3 is 0 Å². The minimum Gasteiger partial charge on any atom is -0.346 e. The molecule has 19 heavy (non-hydrogen) atoms. The minimum atomic E-state index is -0.322. The molecule has 0 spiro atoms. The summed E-state index contributed by atoms with van der Waals surface area (Å²) in [6.45, 7) is 0.542. The number of fused-ring (bicyclic) bond motifs is 1. The van der Waals surface area contributed by atoms with E-state index in [-0.39, 0.29) is 37.3 Å². The Kier molecular flexibility index (Phi) is 5.78. The van der Waals surface area contributed by atoms with Crippen LogP contribution in [0.3, 0.4) is 0 Å². The van der Waals surface area contributed by atoms with Gasteiger partial charge in [-0.2, -0.15) is 0 Å². The van der Waals surface area contributed by atoms with E-state index in [0.29, 0.717) is 6.54 Å². The summed E-state index contributed by atoms with van der Waals surface area (Å²) in [6, 6.07) is 5.89. The van der Waals surface area contributed by atoms with Gasteiger partial charge in [-0.15, -0.1) is 12.4 Å². The van der Waals surface area contributed by atoms with E-state index in [1.165, 1.54) is 0 Å². The highest BCUT2D eigenvalue weighted by atomic mass is 79.9. The summed E-state index contributed by atoms with van der Waals surface area (Å²) < 4.78 is 0.937. The highest BCUT2D eigenvalue weighted by molar-refractivity contribution is 9.10. The average molecular weight is 349 g/mol. The monoisotopic (exact) mass is 347 g/mol. The van der Waals surface area contributed by atoms with Crippen molar-refractivity contribution in [2.24, 2.45) is 5.73 Å². The molecular weight excluding hydrogens is 334 g/mol. The molecule has 104 valence electrons. The number of anilines is 1. The topological polar surface area (TPSA) is 75.4 Å². The Morgan fingerprint density at radius 2 is 2.16 bits per heavy atom. The maximum absolute atomic E-state index is 12.0. The van der Waals surface area contributed by atoms with Crippen LogP contribution in [0.2, 0.25) is 0 Å². The SMILES string of the molecule is Cl.NCC(=O)NCC(=O)N1CCc2ccc(Br)cc21. The molecule has 5 nitrogen and oxygen atoms in total. The number of carbonyl (C=O) groups is 2. The molecule has 2 amide bonds. The third-order valence-electron chi connectivity index (χ3n) is 2.87. The number of carbonyl (C=O) groups excluding carboxylic acids is 2. The van der Waals surface area contributed by atoms with Crippen LogP contribution in [0.1, 0.15) is 5.56 Å². The second kappa shape index (κ2) is 6.88. The summed E-state index contributed by atoms with van der Waals surface area (Å²) in [5, 5.41) is 2.49. The normalized spacial score (nSPS) is 12.6. The number of hydrogen-bond donors (Lipinski definition) is 2. The van der Waals surface area contributed by atoms with E-state index in [2.05, 4.69) is 21.2 Å². The fourth-order valence-electron chi connectivity index (χ4n) is 1.95. The first-order chi connectivity index (χ1) is 8.61. The number of benzene rings is 1. The van der Waals surface area contributed by atoms with Gasteiger partial charge in [0.25, 0.3) is 0 Å². The Bertz CT molecular complexity index is 496. The first kappa shape index (κ1) is 15.9. The van der Waals surface area contributed by atoms with Crippen molar-refractivity contribution in [1.29, 1.82) is 0 Å². The van der Waals surface area contributed by atoms with Crippen molar-refractivity contribution >= 4 is 45.8 Å². The number of rotatable bonds is 3. The van der Waals surface area contributed by atoms with Gasteiger partial charge in [-0.3, -0.25) is 9.59 Å². The van der Waals surface area contributed by atoms with Crippen LogP contribution in [0.4, 0.5) is 5.69 Å². The quantitative estimate of drug-likeness (QED) is 0.850. The summed E-state index contributed by atoms with van der Waals surface area (Å²) >= 11 is 3.39. The van der Waals surface area contributed by atoms with E-state index in [4.69, 9.17) is 5.73 Å². The lowest BCUT2D eigenvalue weighted by molar-refractivity contribution is -0.124. The zero-order valence-corrected chi connectivity index (χ0v) is 12.6. The minimum absolute atomic E-state index is 0. The lowest BCUT2D eigenvalue weighted by Gasteiger charge is -2.17. The predicted octanol–water partition coefficient (Wildman–Crippen LogP) is 0.835. The van der Waals surface area contributed by atoms with E-state index < -0.39 is 0 Å². The third kappa shape index (κ3) is 3.68. The second-order valence-electron chi connectivity index (χ2n) is 4.05. The number of nitrogens with two attached hydrogens (primary N) is 1. The van der Waals surface area contributed by atoms with Crippen molar-refractivity contribution in [1.82, 2.24) is 5.32 Å².